The van der Waals surface area contributed by atoms with Gasteiger partial charge in [-0.2, -0.15) is 0 Å². The lowest BCUT2D eigenvalue weighted by Crippen LogP contribution is -2.47. The minimum absolute atomic E-state index is 0.0255. The highest BCUT2D eigenvalue weighted by molar-refractivity contribution is 7.47. The van der Waals surface area contributed by atoms with Crippen LogP contribution in [0.2, 0.25) is 0 Å². The van der Waals surface area contributed by atoms with Gasteiger partial charge in [0.05, 0.1) is 33.8 Å². The van der Waals surface area contributed by atoms with Gasteiger partial charge in [0, 0.05) is 12.8 Å². The summed E-state index contributed by atoms with van der Waals surface area (Å²) in [5.41, 5.74) is 0. The van der Waals surface area contributed by atoms with Crippen molar-refractivity contribution in [1.29, 1.82) is 0 Å². The second-order valence-electron chi connectivity index (χ2n) is 20.8. The first-order chi connectivity index (χ1) is 34.9. The number of carbonyl (C=O) groups excluding carboxylic acids is 2. The lowest BCUT2D eigenvalue weighted by Gasteiger charge is -2.27. The van der Waals surface area contributed by atoms with Gasteiger partial charge < -0.3 is 19.4 Å². The van der Waals surface area contributed by atoms with E-state index in [2.05, 4.69) is 99.0 Å². The molecule has 0 rings (SSSR count). The number of hydrogen-bond donors (Lipinski definition) is 2. The summed E-state index contributed by atoms with van der Waals surface area (Å²) < 4.78 is 30.6. The van der Waals surface area contributed by atoms with Crippen LogP contribution in [0.3, 0.4) is 0 Å². The molecule has 0 radical (unpaired) electrons. The number of ether oxygens (including phenoxy) is 1. The molecule has 0 heterocycles. The van der Waals surface area contributed by atoms with Crippen molar-refractivity contribution in [2.75, 3.05) is 40.9 Å². The molecule has 0 saturated carbocycles. The number of allylic oxidation sites excluding steroid dienone is 13. The Labute approximate surface area is 444 Å². The molecule has 0 saturated heterocycles. The first-order valence-corrected chi connectivity index (χ1v) is 30.9. The van der Waals surface area contributed by atoms with Gasteiger partial charge in [-0.25, -0.2) is 4.57 Å². The Morgan fingerprint density at radius 3 is 1.32 bits per heavy atom. The summed E-state index contributed by atoms with van der Waals surface area (Å²) in [5.74, 6) is -0.582. The summed E-state index contributed by atoms with van der Waals surface area (Å²) in [7, 11) is 1.45. The van der Waals surface area contributed by atoms with Gasteiger partial charge in [0.15, 0.2) is 0 Å². The number of unbranched alkanes of at least 4 members (excludes halogenated alkanes) is 24. The van der Waals surface area contributed by atoms with Crippen LogP contribution < -0.4 is 5.32 Å². The SMILES string of the molecule is CCCCC/C=C\C/C=C\C/C=C\C/C=C\CCCC(=O)NC(COP(=O)(O)OCC[N+](C)(C)C)C(/C=C/CCCCCCCCCCCC)OC(=O)CCCCCCCCC/C=C\C/C=C\CCCCC. The number of rotatable bonds is 52. The van der Waals surface area contributed by atoms with Crippen molar-refractivity contribution in [1.82, 2.24) is 5.32 Å². The maximum Gasteiger partial charge on any atom is 0.472 e. The topological polar surface area (TPSA) is 111 Å². The molecule has 0 aromatic rings. The first kappa shape index (κ1) is 69.2. The quantitative estimate of drug-likeness (QED) is 0.0205. The molecule has 0 aromatic carbocycles. The van der Waals surface area contributed by atoms with Crippen molar-refractivity contribution in [3.05, 3.63) is 85.1 Å². The Bertz CT molecular complexity index is 1510. The number of phosphoric acid groups is 1. The average Bonchev–Trinajstić information content (AvgIpc) is 3.34. The van der Waals surface area contributed by atoms with E-state index in [-0.39, 0.29) is 37.9 Å². The van der Waals surface area contributed by atoms with E-state index in [1.54, 1.807) is 0 Å². The molecular formula is C62H112N2O7P+. The summed E-state index contributed by atoms with van der Waals surface area (Å²) >= 11 is 0. The minimum atomic E-state index is -4.46. The highest BCUT2D eigenvalue weighted by Gasteiger charge is 2.30. The van der Waals surface area contributed by atoms with Crippen molar-refractivity contribution >= 4 is 19.7 Å². The van der Waals surface area contributed by atoms with Crippen LogP contribution in [0.4, 0.5) is 0 Å². The second-order valence-corrected chi connectivity index (χ2v) is 22.3. The Morgan fingerprint density at radius 1 is 0.486 bits per heavy atom. The third kappa shape index (κ3) is 52.1. The zero-order valence-corrected chi connectivity index (χ0v) is 48.3. The van der Waals surface area contributed by atoms with Crippen molar-refractivity contribution in [2.24, 2.45) is 0 Å². The Kier molecular flexibility index (Phi) is 49.6. The molecule has 10 heteroatoms. The third-order valence-corrected chi connectivity index (χ3v) is 13.5. The fourth-order valence-corrected chi connectivity index (χ4v) is 8.70. The molecule has 0 aliphatic rings. The van der Waals surface area contributed by atoms with Gasteiger partial charge in [0.25, 0.3) is 0 Å². The van der Waals surface area contributed by atoms with E-state index >= 15 is 0 Å². The minimum Gasteiger partial charge on any atom is -0.456 e. The third-order valence-electron chi connectivity index (χ3n) is 12.6. The molecule has 416 valence electrons. The van der Waals surface area contributed by atoms with E-state index in [0.717, 1.165) is 83.5 Å². The highest BCUT2D eigenvalue weighted by Crippen LogP contribution is 2.43. The van der Waals surface area contributed by atoms with Crippen LogP contribution in [0.25, 0.3) is 0 Å². The molecule has 0 aliphatic heterocycles. The number of hydrogen-bond acceptors (Lipinski definition) is 6. The summed E-state index contributed by atoms with van der Waals surface area (Å²) in [5, 5.41) is 3.01. The van der Waals surface area contributed by atoms with Gasteiger partial charge in [-0.15, -0.1) is 0 Å². The lowest BCUT2D eigenvalue weighted by atomic mass is 10.1. The maximum atomic E-state index is 13.5. The lowest BCUT2D eigenvalue weighted by molar-refractivity contribution is -0.870. The Balaban J connectivity index is 5.44. The second kappa shape index (κ2) is 51.7. The fourth-order valence-electron chi connectivity index (χ4n) is 7.96. The number of esters is 1. The van der Waals surface area contributed by atoms with Gasteiger partial charge in [-0.1, -0.05) is 215 Å². The van der Waals surface area contributed by atoms with E-state index in [4.69, 9.17) is 13.8 Å². The molecule has 72 heavy (non-hydrogen) atoms. The molecular weight excluding hydrogens is 916 g/mol. The van der Waals surface area contributed by atoms with E-state index in [9.17, 15) is 19.0 Å². The smallest absolute Gasteiger partial charge is 0.456 e. The summed E-state index contributed by atoms with van der Waals surface area (Å²) in [6.07, 6.45) is 67.2. The summed E-state index contributed by atoms with van der Waals surface area (Å²) in [6.45, 7) is 6.90. The summed E-state index contributed by atoms with van der Waals surface area (Å²) in [6, 6.07) is -0.883. The number of quaternary nitrogens is 1. The zero-order chi connectivity index (χ0) is 52.9. The molecule has 0 bridgehead atoms. The molecule has 0 aliphatic carbocycles. The predicted molar refractivity (Wildman–Crippen MR) is 309 cm³/mol. The number of phosphoric ester groups is 1. The fraction of sp³-hybridized carbons (Fsp3) is 0.742. The van der Waals surface area contributed by atoms with Crippen LogP contribution in [-0.4, -0.2) is 74.3 Å². The Morgan fingerprint density at radius 2 is 0.861 bits per heavy atom. The van der Waals surface area contributed by atoms with Crippen molar-refractivity contribution in [3.63, 3.8) is 0 Å². The standard InChI is InChI=1S/C62H111N2O7P/c1-7-10-13-16-19-22-25-28-30-32-34-36-39-42-45-48-51-54-61(65)63-59(58-70-72(67,68)69-57-56-64(4,5)6)60(53-50-47-44-41-38-27-24-21-18-15-12-9-3)71-62(66)55-52-49-46-43-40-37-35-33-31-29-26-23-20-17-14-11-8-2/h19-20,22-23,28-31,34,36,42,45,50,53,59-60H,7-18,21,24-27,32-33,35,37-41,43-44,46-49,51-52,54-58H2,1-6H3,(H-,63,65,67,68)/p+1/b22-19-,23-20-,30-28-,31-29-,36-34-,45-42-,53-50+. The monoisotopic (exact) mass is 1030 g/mol. The van der Waals surface area contributed by atoms with Crippen molar-refractivity contribution in [3.8, 4) is 0 Å². The molecule has 9 nitrogen and oxygen atoms in total. The molecule has 3 atom stereocenters. The van der Waals surface area contributed by atoms with Gasteiger partial charge in [0.1, 0.15) is 19.3 Å². The van der Waals surface area contributed by atoms with Gasteiger partial charge in [0.2, 0.25) is 5.91 Å². The van der Waals surface area contributed by atoms with Crippen molar-refractivity contribution < 1.29 is 37.3 Å². The Hall–Kier alpha value is -2.81. The van der Waals surface area contributed by atoms with Crippen LogP contribution in [0.15, 0.2) is 85.1 Å². The van der Waals surface area contributed by atoms with E-state index in [1.165, 1.54) is 122 Å². The highest BCUT2D eigenvalue weighted by atomic mass is 31.2. The van der Waals surface area contributed by atoms with Gasteiger partial charge in [-0.05, 0) is 102 Å². The van der Waals surface area contributed by atoms with Gasteiger partial charge >= 0.3 is 13.8 Å². The number of likely N-dealkylation sites (N-methyl/N-ethyl adjacent to an activating group) is 1. The van der Waals surface area contributed by atoms with E-state index in [1.807, 2.05) is 33.3 Å². The molecule has 0 fully saturated rings. The van der Waals surface area contributed by atoms with Gasteiger partial charge in [-0.3, -0.25) is 18.6 Å². The molecule has 0 aromatic heterocycles. The molecule has 2 N–H and O–H groups in total. The number of nitrogens with one attached hydrogen (secondary N) is 1. The van der Waals surface area contributed by atoms with Crippen LogP contribution in [0.1, 0.15) is 245 Å². The van der Waals surface area contributed by atoms with Crippen LogP contribution in [0.5, 0.6) is 0 Å². The molecule has 0 spiro atoms. The largest absolute Gasteiger partial charge is 0.472 e. The van der Waals surface area contributed by atoms with Crippen LogP contribution >= 0.6 is 7.82 Å². The number of carbonyl (C=O) groups is 2. The van der Waals surface area contributed by atoms with E-state index < -0.39 is 20.0 Å². The zero-order valence-electron chi connectivity index (χ0n) is 47.4. The van der Waals surface area contributed by atoms with Crippen LogP contribution in [-0.2, 0) is 27.9 Å². The van der Waals surface area contributed by atoms with Crippen molar-refractivity contribution in [2.45, 2.75) is 258 Å². The first-order valence-electron chi connectivity index (χ1n) is 29.4. The molecule has 3 unspecified atom stereocenters. The predicted octanol–water partition coefficient (Wildman–Crippen LogP) is 17.8. The maximum absolute atomic E-state index is 13.5. The number of nitrogens with zero attached hydrogens (tertiary/aromatic N) is 1. The normalized spacial score (nSPS) is 14.4. The van der Waals surface area contributed by atoms with E-state index in [0.29, 0.717) is 17.4 Å². The molecule has 1 amide bonds. The van der Waals surface area contributed by atoms with Crippen LogP contribution in [0, 0.1) is 0 Å². The number of amides is 1. The summed E-state index contributed by atoms with van der Waals surface area (Å²) in [4.78, 5) is 37.6. The average molecular weight is 1030 g/mol.